The quantitative estimate of drug-likeness (QED) is 0.0247. The molecule has 13 nitrogen and oxygen atoms in total. The van der Waals surface area contributed by atoms with E-state index in [-0.39, 0.29) is 29.1 Å². The van der Waals surface area contributed by atoms with Gasteiger partial charge in [0.2, 0.25) is 11.1 Å². The predicted molar refractivity (Wildman–Crippen MR) is 569 cm³/mol. The van der Waals surface area contributed by atoms with E-state index in [4.69, 9.17) is 30.5 Å². The zero-order chi connectivity index (χ0) is 96.8. The number of esters is 4. The Kier molecular flexibility index (Phi) is 109. The molecule has 0 aliphatic rings. The molecule has 1 amide bonds. The molecule has 0 aliphatic carbocycles. The van der Waals surface area contributed by atoms with Gasteiger partial charge in [-0.25, -0.2) is 0 Å². The van der Waals surface area contributed by atoms with Crippen molar-refractivity contribution in [2.45, 2.75) is 615 Å². The monoisotopic (exact) mass is 1870 g/mol. The van der Waals surface area contributed by atoms with Crippen molar-refractivity contribution in [2.24, 2.45) is 29.6 Å². The van der Waals surface area contributed by atoms with Crippen molar-refractivity contribution in [1.82, 2.24) is 14.7 Å². The molecular weight excluding hydrogens is 1640 g/mol. The highest BCUT2D eigenvalue weighted by Crippen LogP contribution is 2.29. The highest BCUT2D eigenvalue weighted by atomic mass is 35.5. The van der Waals surface area contributed by atoms with Crippen LogP contribution in [0.1, 0.15) is 609 Å². The van der Waals surface area contributed by atoms with Crippen LogP contribution < -0.4 is 0 Å². The molecule has 0 aromatic rings. The zero-order valence-electron chi connectivity index (χ0n) is 90.6. The number of hydrogen-bond donors (Lipinski definition) is 0. The van der Waals surface area contributed by atoms with Crippen molar-refractivity contribution in [3.05, 3.63) is 0 Å². The van der Waals surface area contributed by atoms with Crippen molar-refractivity contribution in [2.75, 3.05) is 74.3 Å². The molecule has 4 unspecified atom stereocenters. The SMILES string of the molecule is CCCCCCC(CCCC)COC(=O)CCCCCCCCC(CCCCCCCCC(=O)OCC(CCCC)CCCCCC)CCCCCN(C)C.CCCCCCCCC(=O)Cl.CCCCCCCCC(=O)N(CCCCN(C)C)C(CCCCCCCCC(=O)OCC(CCCC)CCCCCC)CCCCCCCCC(=O)OCC(CCCC)CCCCCC. The first-order valence-electron chi connectivity index (χ1n) is 58.2. The minimum absolute atomic E-state index is 0.00577. The first-order valence-corrected chi connectivity index (χ1v) is 58.6. The average Bonchev–Trinajstić information content (AvgIpc) is 0.880. The Morgan fingerprint density at radius 3 is 0.634 bits per heavy atom. The lowest BCUT2D eigenvalue weighted by atomic mass is 9.89. The number of ether oxygens (including phenoxy) is 4. The number of carbonyl (C=O) groups is 6. The Morgan fingerprint density at radius 2 is 0.382 bits per heavy atom. The van der Waals surface area contributed by atoms with E-state index >= 15 is 0 Å². The van der Waals surface area contributed by atoms with Crippen LogP contribution in [-0.4, -0.2) is 130 Å². The van der Waals surface area contributed by atoms with E-state index in [9.17, 15) is 28.8 Å². The van der Waals surface area contributed by atoms with Gasteiger partial charge in [-0.1, -0.05) is 448 Å². The van der Waals surface area contributed by atoms with Gasteiger partial charge in [0, 0.05) is 51.1 Å². The van der Waals surface area contributed by atoms with Crippen LogP contribution in [0.25, 0.3) is 0 Å². The number of halogens is 1. The standard InChI is InChI=1S/C58H114N2O5.C50H99NO4.C9H17ClO/c1-8-13-18-21-28-35-46-56(61)60(50-39-38-49-59(6)7)55(44-33-26-22-24-29-36-47-57(62)64-51-53(40-16-11-4)42-31-19-14-9-2)45-34-27-23-25-30-37-48-58(63)65-52-54(41-17-12-5)43-32-20-15-10-3;1-7-11-15-26-39-47(34-13-9-3)44-54-49(52)41-31-23-19-17-21-28-36-46(38-30-25-33-43-51(5)6)37-29-22-18-20-24-32-42-50(53)55-45-48(35-14-10-4)40-27-16-12-8-2;1-2-3-4-5-6-7-8-9(10)11/h53-55H,8-52H2,1-7H3;46-48H,7-45H2,1-6H3;2-8H2,1H3. The number of unbranched alkanes of at least 4 members (excludes halogenated alkanes) is 49. The number of rotatable bonds is 102. The summed E-state index contributed by atoms with van der Waals surface area (Å²) in [6.45, 7) is 28.1. The summed E-state index contributed by atoms with van der Waals surface area (Å²) in [4.78, 5) is 81.2. The minimum atomic E-state index is -0.194. The molecule has 0 heterocycles. The smallest absolute Gasteiger partial charge is 0.305 e. The van der Waals surface area contributed by atoms with Gasteiger partial charge in [0.25, 0.3) is 0 Å². The van der Waals surface area contributed by atoms with Crippen LogP contribution in [0.4, 0.5) is 0 Å². The Labute approximate surface area is 822 Å². The topological polar surface area (TPSA) is 149 Å². The van der Waals surface area contributed by atoms with Gasteiger partial charge in [-0.2, -0.15) is 0 Å². The maximum absolute atomic E-state index is 14.0. The minimum Gasteiger partial charge on any atom is -0.465 e. The molecule has 0 fully saturated rings. The summed E-state index contributed by atoms with van der Waals surface area (Å²) in [6, 6.07) is 0.326. The molecule has 780 valence electrons. The average molecular weight is 1870 g/mol. The number of amides is 1. The third-order valence-corrected chi connectivity index (χ3v) is 27.9. The first-order chi connectivity index (χ1) is 63.8. The van der Waals surface area contributed by atoms with Crippen molar-refractivity contribution in [1.29, 1.82) is 0 Å². The largest absolute Gasteiger partial charge is 0.465 e. The van der Waals surface area contributed by atoms with Crippen LogP contribution in [0.2, 0.25) is 0 Å². The lowest BCUT2D eigenvalue weighted by Crippen LogP contribution is -2.41. The van der Waals surface area contributed by atoms with Gasteiger partial charge >= 0.3 is 23.9 Å². The molecule has 0 aromatic heterocycles. The number of carbonyl (C=O) groups excluding carboxylic acids is 6. The molecule has 0 spiro atoms. The second-order valence-electron chi connectivity index (χ2n) is 41.5. The molecular formula is C117H230ClN3O10. The van der Waals surface area contributed by atoms with E-state index in [0.29, 0.717) is 101 Å². The van der Waals surface area contributed by atoms with Gasteiger partial charge in [-0.3, -0.25) is 28.8 Å². The van der Waals surface area contributed by atoms with Gasteiger partial charge in [0.05, 0.1) is 26.4 Å². The van der Waals surface area contributed by atoms with Crippen LogP contribution in [-0.2, 0) is 47.7 Å². The molecule has 0 bridgehead atoms. The summed E-state index contributed by atoms with van der Waals surface area (Å²) >= 11 is 5.18. The van der Waals surface area contributed by atoms with Gasteiger partial charge in [0.15, 0.2) is 0 Å². The molecule has 0 aliphatic heterocycles. The Morgan fingerprint density at radius 1 is 0.198 bits per heavy atom. The van der Waals surface area contributed by atoms with Crippen LogP contribution in [0, 0.1) is 29.6 Å². The van der Waals surface area contributed by atoms with Crippen molar-refractivity contribution < 1.29 is 47.7 Å². The summed E-state index contributed by atoms with van der Waals surface area (Å²) < 4.78 is 23.1. The van der Waals surface area contributed by atoms with Crippen LogP contribution in [0.15, 0.2) is 0 Å². The molecule has 0 N–H and O–H groups in total. The number of nitrogens with zero attached hydrogens (tertiary/aromatic N) is 3. The third-order valence-electron chi connectivity index (χ3n) is 27.7. The summed E-state index contributed by atoms with van der Waals surface area (Å²) in [7, 11) is 8.65. The van der Waals surface area contributed by atoms with E-state index in [1.807, 2.05) is 0 Å². The van der Waals surface area contributed by atoms with E-state index in [1.54, 1.807) is 0 Å². The van der Waals surface area contributed by atoms with Crippen molar-refractivity contribution in [3.8, 4) is 0 Å². The fraction of sp³-hybridized carbons (Fsp3) is 0.949. The van der Waals surface area contributed by atoms with E-state index < -0.39 is 0 Å². The van der Waals surface area contributed by atoms with E-state index in [1.165, 1.54) is 379 Å². The third kappa shape index (κ3) is 101. The maximum Gasteiger partial charge on any atom is 0.305 e. The second-order valence-corrected chi connectivity index (χ2v) is 41.9. The van der Waals surface area contributed by atoms with Gasteiger partial charge in [-0.05, 0) is 204 Å². The van der Waals surface area contributed by atoms with Crippen molar-refractivity contribution >= 4 is 46.6 Å². The molecule has 0 radical (unpaired) electrons. The fourth-order valence-corrected chi connectivity index (χ4v) is 18.8. The van der Waals surface area contributed by atoms with Crippen LogP contribution >= 0.6 is 11.6 Å². The van der Waals surface area contributed by atoms with Gasteiger partial charge in [-0.15, -0.1) is 0 Å². The fourth-order valence-electron chi connectivity index (χ4n) is 18.7. The summed E-state index contributed by atoms with van der Waals surface area (Å²) in [5.41, 5.74) is 0. The highest BCUT2D eigenvalue weighted by molar-refractivity contribution is 6.63. The molecule has 0 saturated carbocycles. The molecule has 0 rings (SSSR count). The molecule has 0 aromatic carbocycles. The molecule has 131 heavy (non-hydrogen) atoms. The summed E-state index contributed by atoms with van der Waals surface area (Å²) in [5.74, 6) is 3.46. The van der Waals surface area contributed by atoms with E-state index in [2.05, 4.69) is 112 Å². The maximum atomic E-state index is 14.0. The molecule has 4 atom stereocenters. The highest BCUT2D eigenvalue weighted by Gasteiger charge is 2.24. The Hall–Kier alpha value is -2.77. The van der Waals surface area contributed by atoms with Crippen LogP contribution in [0.5, 0.6) is 0 Å². The van der Waals surface area contributed by atoms with E-state index in [0.717, 1.165) is 147 Å². The summed E-state index contributed by atoms with van der Waals surface area (Å²) in [6.07, 6.45) is 98.8. The predicted octanol–water partition coefficient (Wildman–Crippen LogP) is 36.3. The second kappa shape index (κ2) is 108. The van der Waals surface area contributed by atoms with Gasteiger partial charge < -0.3 is 33.6 Å². The Balaban J connectivity index is -0.00000226. The first kappa shape index (κ1) is 132. The van der Waals surface area contributed by atoms with Crippen LogP contribution in [0.3, 0.4) is 0 Å². The molecule has 14 heteroatoms. The molecule has 0 saturated heterocycles. The summed E-state index contributed by atoms with van der Waals surface area (Å²) in [5, 5.41) is -0.194. The Bertz CT molecular complexity index is 2250. The van der Waals surface area contributed by atoms with Crippen molar-refractivity contribution in [3.63, 3.8) is 0 Å². The lowest BCUT2D eigenvalue weighted by Gasteiger charge is -2.33. The zero-order valence-corrected chi connectivity index (χ0v) is 91.4. The van der Waals surface area contributed by atoms with Gasteiger partial charge in [0.1, 0.15) is 0 Å². The number of hydrogen-bond acceptors (Lipinski definition) is 12. The lowest BCUT2D eigenvalue weighted by molar-refractivity contribution is -0.146. The normalized spacial score (nSPS) is 12.9.